The van der Waals surface area contributed by atoms with Crippen molar-refractivity contribution < 1.29 is 9.13 Å². The number of hydrogen-bond acceptors (Lipinski definition) is 2. The molecule has 0 amide bonds. The van der Waals surface area contributed by atoms with E-state index in [-0.39, 0.29) is 5.82 Å². The molecule has 1 aromatic heterocycles. The van der Waals surface area contributed by atoms with Crippen LogP contribution >= 0.6 is 27.3 Å². The highest BCUT2D eigenvalue weighted by Gasteiger charge is 2.09. The van der Waals surface area contributed by atoms with Gasteiger partial charge in [0.1, 0.15) is 11.6 Å². The van der Waals surface area contributed by atoms with Crippen LogP contribution in [0.5, 0.6) is 5.75 Å². The third-order valence-electron chi connectivity index (χ3n) is 1.86. The Bertz CT molecular complexity index is 466. The molecule has 14 heavy (non-hydrogen) atoms. The van der Waals surface area contributed by atoms with E-state index in [0.29, 0.717) is 12.0 Å². The van der Waals surface area contributed by atoms with Gasteiger partial charge in [-0.15, -0.1) is 11.3 Å². The summed E-state index contributed by atoms with van der Waals surface area (Å²) < 4.78 is 20.5. The van der Waals surface area contributed by atoms with Crippen molar-refractivity contribution in [1.29, 1.82) is 0 Å². The van der Waals surface area contributed by atoms with Gasteiger partial charge in [-0.1, -0.05) is 0 Å². The summed E-state index contributed by atoms with van der Waals surface area (Å²) in [6.07, 6.45) is 0. The Labute approximate surface area is 93.6 Å². The summed E-state index contributed by atoms with van der Waals surface area (Å²) in [5, 5.41) is 0.618. The Morgan fingerprint density at radius 2 is 2.29 bits per heavy atom. The molecule has 0 atom stereocenters. The van der Waals surface area contributed by atoms with Gasteiger partial charge in [0.2, 0.25) is 0 Å². The largest absolute Gasteiger partial charge is 0.492 e. The number of fused-ring (bicyclic) bond motifs is 1. The van der Waals surface area contributed by atoms with Crippen molar-refractivity contribution in [2.24, 2.45) is 0 Å². The number of halogens is 2. The molecule has 0 spiro atoms. The van der Waals surface area contributed by atoms with E-state index in [1.54, 1.807) is 12.1 Å². The molecule has 0 saturated heterocycles. The van der Waals surface area contributed by atoms with E-state index < -0.39 is 0 Å². The van der Waals surface area contributed by atoms with Crippen LogP contribution in [0.2, 0.25) is 0 Å². The summed E-state index contributed by atoms with van der Waals surface area (Å²) >= 11 is 4.82. The van der Waals surface area contributed by atoms with Crippen molar-refractivity contribution in [2.75, 3.05) is 6.61 Å². The Morgan fingerprint density at radius 3 is 3.00 bits per heavy atom. The molecule has 1 heterocycles. The highest BCUT2D eigenvalue weighted by molar-refractivity contribution is 9.11. The number of ether oxygens (including phenoxy) is 1. The van der Waals surface area contributed by atoms with Crippen LogP contribution in [0.3, 0.4) is 0 Å². The van der Waals surface area contributed by atoms with Gasteiger partial charge in [-0.25, -0.2) is 4.39 Å². The summed E-state index contributed by atoms with van der Waals surface area (Å²) in [5.41, 5.74) is 0. The lowest BCUT2D eigenvalue weighted by Gasteiger charge is -2.03. The SMILES string of the molecule is CCOc1ccc(F)c2cc(Br)sc12. The predicted molar refractivity (Wildman–Crippen MR) is 60.7 cm³/mol. The number of thiophene rings is 1. The van der Waals surface area contributed by atoms with Crippen LogP contribution in [0.4, 0.5) is 4.39 Å². The molecule has 0 unspecified atom stereocenters. The molecule has 0 aliphatic heterocycles. The van der Waals surface area contributed by atoms with Crippen molar-refractivity contribution in [1.82, 2.24) is 0 Å². The predicted octanol–water partition coefficient (Wildman–Crippen LogP) is 4.20. The number of rotatable bonds is 2. The topological polar surface area (TPSA) is 9.23 Å². The Balaban J connectivity index is 2.68. The van der Waals surface area contributed by atoms with Crippen molar-refractivity contribution >= 4 is 37.4 Å². The van der Waals surface area contributed by atoms with Crippen molar-refractivity contribution in [3.63, 3.8) is 0 Å². The standard InChI is InChI=1S/C10H8BrFOS/c1-2-13-8-4-3-7(12)6-5-9(11)14-10(6)8/h3-5H,2H2,1H3. The number of hydrogen-bond donors (Lipinski definition) is 0. The van der Waals surface area contributed by atoms with E-state index in [4.69, 9.17) is 4.74 Å². The van der Waals surface area contributed by atoms with Gasteiger partial charge < -0.3 is 4.74 Å². The molecule has 2 aromatic rings. The van der Waals surface area contributed by atoms with Gasteiger partial charge >= 0.3 is 0 Å². The van der Waals surface area contributed by atoms with Gasteiger partial charge in [0.25, 0.3) is 0 Å². The highest BCUT2D eigenvalue weighted by Crippen LogP contribution is 2.37. The van der Waals surface area contributed by atoms with Crippen LogP contribution in [-0.2, 0) is 0 Å². The van der Waals surface area contributed by atoms with E-state index >= 15 is 0 Å². The van der Waals surface area contributed by atoms with E-state index in [1.165, 1.54) is 17.4 Å². The first kappa shape index (κ1) is 9.93. The molecular formula is C10H8BrFOS. The zero-order chi connectivity index (χ0) is 10.1. The monoisotopic (exact) mass is 274 g/mol. The molecule has 0 fully saturated rings. The zero-order valence-electron chi connectivity index (χ0n) is 7.51. The Morgan fingerprint density at radius 1 is 1.50 bits per heavy atom. The van der Waals surface area contributed by atoms with E-state index in [1.807, 2.05) is 6.92 Å². The Hall–Kier alpha value is -0.610. The maximum Gasteiger partial charge on any atom is 0.137 e. The molecule has 0 radical (unpaired) electrons. The summed E-state index contributed by atoms with van der Waals surface area (Å²) in [4.78, 5) is 0. The minimum Gasteiger partial charge on any atom is -0.492 e. The molecule has 4 heteroatoms. The fourth-order valence-electron chi connectivity index (χ4n) is 1.30. The fraction of sp³-hybridized carbons (Fsp3) is 0.200. The minimum absolute atomic E-state index is 0.203. The Kier molecular flexibility index (Phi) is 2.74. The van der Waals surface area contributed by atoms with E-state index in [0.717, 1.165) is 14.2 Å². The molecule has 2 rings (SSSR count). The maximum absolute atomic E-state index is 13.4. The molecule has 0 aliphatic rings. The molecule has 0 saturated carbocycles. The van der Waals surface area contributed by atoms with E-state index in [9.17, 15) is 4.39 Å². The summed E-state index contributed by atoms with van der Waals surface area (Å²) in [6.45, 7) is 2.51. The first-order valence-corrected chi connectivity index (χ1v) is 5.83. The quantitative estimate of drug-likeness (QED) is 0.798. The van der Waals surface area contributed by atoms with Crippen LogP contribution in [-0.4, -0.2) is 6.61 Å². The van der Waals surface area contributed by atoms with Crippen molar-refractivity contribution in [2.45, 2.75) is 6.92 Å². The summed E-state index contributed by atoms with van der Waals surface area (Å²) in [7, 11) is 0. The smallest absolute Gasteiger partial charge is 0.137 e. The second-order valence-corrected chi connectivity index (χ2v) is 5.20. The van der Waals surface area contributed by atoms with Crippen molar-refractivity contribution in [3.05, 3.63) is 27.8 Å². The normalized spacial score (nSPS) is 10.8. The van der Waals surface area contributed by atoms with Crippen LogP contribution in [0.25, 0.3) is 10.1 Å². The molecule has 0 bridgehead atoms. The van der Waals surface area contributed by atoms with E-state index in [2.05, 4.69) is 15.9 Å². The number of benzene rings is 1. The summed E-state index contributed by atoms with van der Waals surface area (Å²) in [6, 6.07) is 4.88. The lowest BCUT2D eigenvalue weighted by Crippen LogP contribution is -1.91. The molecule has 1 aromatic carbocycles. The second kappa shape index (κ2) is 3.87. The third-order valence-corrected chi connectivity index (χ3v) is 3.52. The van der Waals surface area contributed by atoms with Crippen molar-refractivity contribution in [3.8, 4) is 5.75 Å². The van der Waals surface area contributed by atoms with Gasteiger partial charge in [-0.3, -0.25) is 0 Å². The maximum atomic E-state index is 13.4. The average Bonchev–Trinajstić information content (AvgIpc) is 2.53. The molecule has 1 nitrogen and oxygen atoms in total. The molecular weight excluding hydrogens is 267 g/mol. The zero-order valence-corrected chi connectivity index (χ0v) is 9.91. The van der Waals surface area contributed by atoms with Gasteiger partial charge in [0.15, 0.2) is 0 Å². The molecule has 0 aliphatic carbocycles. The van der Waals surface area contributed by atoms with Gasteiger partial charge in [0.05, 0.1) is 15.1 Å². The minimum atomic E-state index is -0.203. The summed E-state index contributed by atoms with van der Waals surface area (Å²) in [5.74, 6) is 0.546. The van der Waals surface area contributed by atoms with Gasteiger partial charge in [-0.05, 0) is 41.1 Å². The third kappa shape index (κ3) is 1.64. The highest BCUT2D eigenvalue weighted by atomic mass is 79.9. The van der Waals surface area contributed by atoms with Crippen LogP contribution < -0.4 is 4.74 Å². The average molecular weight is 275 g/mol. The lowest BCUT2D eigenvalue weighted by atomic mass is 10.2. The second-order valence-electron chi connectivity index (χ2n) is 2.77. The van der Waals surface area contributed by atoms with Crippen LogP contribution in [0.1, 0.15) is 6.92 Å². The van der Waals surface area contributed by atoms with Gasteiger partial charge in [0, 0.05) is 5.39 Å². The fourth-order valence-corrected chi connectivity index (χ4v) is 2.89. The lowest BCUT2D eigenvalue weighted by molar-refractivity contribution is 0.344. The first-order chi connectivity index (χ1) is 6.72. The van der Waals surface area contributed by atoms with Crippen LogP contribution in [0.15, 0.2) is 22.0 Å². The van der Waals surface area contributed by atoms with Gasteiger partial charge in [-0.2, -0.15) is 0 Å². The first-order valence-electron chi connectivity index (χ1n) is 4.22. The molecule has 74 valence electrons. The molecule has 0 N–H and O–H groups in total. The van der Waals surface area contributed by atoms with Crippen LogP contribution in [0, 0.1) is 5.82 Å².